The number of rotatable bonds is 4. The Hall–Kier alpha value is -1.51. The Morgan fingerprint density at radius 3 is 2.63 bits per heavy atom. The second-order valence-corrected chi connectivity index (χ2v) is 5.69. The van der Waals surface area contributed by atoms with Crippen LogP contribution in [0, 0.1) is 12.8 Å². The SMILES string of the molecule is CC(=O)Nc1cc(NC(C)C2CCCC2)ccc1C. The normalized spacial score (nSPS) is 17.2. The number of amides is 1. The van der Waals surface area contributed by atoms with Crippen LogP contribution in [0.4, 0.5) is 11.4 Å². The molecule has 1 fully saturated rings. The first-order valence-corrected chi connectivity index (χ1v) is 7.21. The Kier molecular flexibility index (Phi) is 4.46. The highest BCUT2D eigenvalue weighted by Gasteiger charge is 2.21. The Balaban J connectivity index is 2.05. The van der Waals surface area contributed by atoms with Gasteiger partial charge in [-0.05, 0) is 50.3 Å². The van der Waals surface area contributed by atoms with Crippen molar-refractivity contribution in [3.8, 4) is 0 Å². The maximum absolute atomic E-state index is 11.2. The average molecular weight is 260 g/mol. The molecule has 1 aromatic carbocycles. The largest absolute Gasteiger partial charge is 0.382 e. The van der Waals surface area contributed by atoms with Crippen LogP contribution in [-0.4, -0.2) is 11.9 Å². The number of benzene rings is 1. The van der Waals surface area contributed by atoms with E-state index in [4.69, 9.17) is 0 Å². The quantitative estimate of drug-likeness (QED) is 0.860. The molecule has 0 radical (unpaired) electrons. The van der Waals surface area contributed by atoms with E-state index in [-0.39, 0.29) is 5.91 Å². The minimum Gasteiger partial charge on any atom is -0.382 e. The summed E-state index contributed by atoms with van der Waals surface area (Å²) in [6.07, 6.45) is 5.39. The molecule has 1 aromatic rings. The monoisotopic (exact) mass is 260 g/mol. The first kappa shape index (κ1) is 13.9. The number of anilines is 2. The fraction of sp³-hybridized carbons (Fsp3) is 0.562. The molecule has 1 saturated carbocycles. The predicted octanol–water partition coefficient (Wildman–Crippen LogP) is 3.94. The van der Waals surface area contributed by atoms with Gasteiger partial charge in [0.1, 0.15) is 0 Å². The minimum atomic E-state index is -0.0240. The number of aryl methyl sites for hydroxylation is 1. The fourth-order valence-electron chi connectivity index (χ4n) is 2.87. The van der Waals surface area contributed by atoms with Crippen LogP contribution in [-0.2, 0) is 4.79 Å². The number of hydrogen-bond acceptors (Lipinski definition) is 2. The third-order valence-electron chi connectivity index (χ3n) is 4.05. The molecule has 0 aliphatic heterocycles. The van der Waals surface area contributed by atoms with Gasteiger partial charge in [-0.25, -0.2) is 0 Å². The van der Waals surface area contributed by atoms with Crippen LogP contribution >= 0.6 is 0 Å². The van der Waals surface area contributed by atoms with Crippen molar-refractivity contribution < 1.29 is 4.79 Å². The summed E-state index contributed by atoms with van der Waals surface area (Å²) in [5, 5.41) is 6.45. The molecule has 104 valence electrons. The zero-order valence-corrected chi connectivity index (χ0v) is 12.1. The first-order valence-electron chi connectivity index (χ1n) is 7.21. The fourth-order valence-corrected chi connectivity index (χ4v) is 2.87. The maximum Gasteiger partial charge on any atom is 0.221 e. The van der Waals surface area contributed by atoms with E-state index in [9.17, 15) is 4.79 Å². The summed E-state index contributed by atoms with van der Waals surface area (Å²) in [7, 11) is 0. The van der Waals surface area contributed by atoms with Gasteiger partial charge in [0.25, 0.3) is 0 Å². The van der Waals surface area contributed by atoms with E-state index in [0.717, 1.165) is 22.9 Å². The molecule has 0 heterocycles. The third-order valence-corrected chi connectivity index (χ3v) is 4.05. The lowest BCUT2D eigenvalue weighted by Crippen LogP contribution is -2.23. The lowest BCUT2D eigenvalue weighted by molar-refractivity contribution is -0.114. The molecular formula is C16H24N2O. The van der Waals surface area contributed by atoms with Crippen molar-refractivity contribution in [2.75, 3.05) is 10.6 Å². The average Bonchev–Trinajstić information content (AvgIpc) is 2.86. The number of carbonyl (C=O) groups excluding carboxylic acids is 1. The van der Waals surface area contributed by atoms with Crippen LogP contribution in [0.5, 0.6) is 0 Å². The summed E-state index contributed by atoms with van der Waals surface area (Å²) in [5.74, 6) is 0.759. The number of hydrogen-bond donors (Lipinski definition) is 2. The molecule has 1 aliphatic rings. The minimum absolute atomic E-state index is 0.0240. The molecular weight excluding hydrogens is 236 g/mol. The van der Waals surface area contributed by atoms with Gasteiger partial charge >= 0.3 is 0 Å². The van der Waals surface area contributed by atoms with Crippen molar-refractivity contribution in [3.05, 3.63) is 23.8 Å². The Labute approximate surface area is 115 Å². The predicted molar refractivity (Wildman–Crippen MR) is 80.5 cm³/mol. The zero-order valence-electron chi connectivity index (χ0n) is 12.1. The van der Waals surface area contributed by atoms with E-state index in [1.54, 1.807) is 6.92 Å². The van der Waals surface area contributed by atoms with Crippen LogP contribution in [0.2, 0.25) is 0 Å². The van der Waals surface area contributed by atoms with Crippen LogP contribution < -0.4 is 10.6 Å². The molecule has 3 nitrogen and oxygen atoms in total. The van der Waals surface area contributed by atoms with Gasteiger partial charge in [-0.15, -0.1) is 0 Å². The Morgan fingerprint density at radius 1 is 1.32 bits per heavy atom. The first-order chi connectivity index (χ1) is 9.06. The molecule has 1 aliphatic carbocycles. The van der Waals surface area contributed by atoms with E-state index in [2.05, 4.69) is 29.7 Å². The van der Waals surface area contributed by atoms with E-state index >= 15 is 0 Å². The smallest absolute Gasteiger partial charge is 0.221 e. The Bertz CT molecular complexity index is 450. The van der Waals surface area contributed by atoms with Crippen molar-refractivity contribution in [2.24, 2.45) is 5.92 Å². The summed E-state index contributed by atoms with van der Waals surface area (Å²) in [6, 6.07) is 6.67. The van der Waals surface area contributed by atoms with Crippen LogP contribution in [0.1, 0.15) is 45.1 Å². The maximum atomic E-state index is 11.2. The van der Waals surface area contributed by atoms with Crippen molar-refractivity contribution in [1.29, 1.82) is 0 Å². The van der Waals surface area contributed by atoms with E-state index in [1.807, 2.05) is 13.0 Å². The molecule has 0 bridgehead atoms. The number of carbonyl (C=O) groups is 1. The lowest BCUT2D eigenvalue weighted by Gasteiger charge is -2.22. The Morgan fingerprint density at radius 2 is 2.00 bits per heavy atom. The molecule has 3 heteroatoms. The zero-order chi connectivity index (χ0) is 13.8. The van der Waals surface area contributed by atoms with Crippen LogP contribution in [0.15, 0.2) is 18.2 Å². The van der Waals surface area contributed by atoms with Gasteiger partial charge in [-0.2, -0.15) is 0 Å². The molecule has 2 rings (SSSR count). The summed E-state index contributed by atoms with van der Waals surface area (Å²) in [5.41, 5.74) is 3.08. The van der Waals surface area contributed by atoms with Gasteiger partial charge in [0.05, 0.1) is 0 Å². The molecule has 1 amide bonds. The van der Waals surface area contributed by atoms with E-state index in [1.165, 1.54) is 25.7 Å². The molecule has 0 saturated heterocycles. The molecule has 0 aromatic heterocycles. The second kappa shape index (κ2) is 6.09. The van der Waals surface area contributed by atoms with Gasteiger partial charge in [0.2, 0.25) is 5.91 Å². The lowest BCUT2D eigenvalue weighted by atomic mass is 9.99. The van der Waals surface area contributed by atoms with Crippen molar-refractivity contribution in [3.63, 3.8) is 0 Å². The summed E-state index contributed by atoms with van der Waals surface area (Å²) < 4.78 is 0. The van der Waals surface area contributed by atoms with Crippen LogP contribution in [0.25, 0.3) is 0 Å². The highest BCUT2D eigenvalue weighted by atomic mass is 16.1. The van der Waals surface area contributed by atoms with Gasteiger partial charge in [0.15, 0.2) is 0 Å². The van der Waals surface area contributed by atoms with E-state index in [0.29, 0.717) is 6.04 Å². The third kappa shape index (κ3) is 3.72. The molecule has 2 N–H and O–H groups in total. The summed E-state index contributed by atoms with van der Waals surface area (Å²) in [6.45, 7) is 5.81. The van der Waals surface area contributed by atoms with Crippen molar-refractivity contribution >= 4 is 17.3 Å². The standard InChI is InChI=1S/C16H24N2O/c1-11-8-9-15(10-16(11)18-13(3)19)17-12(2)14-6-4-5-7-14/h8-10,12,14,17H,4-7H2,1-3H3,(H,18,19). The molecule has 1 unspecified atom stereocenters. The van der Waals surface area contributed by atoms with Crippen molar-refractivity contribution in [1.82, 2.24) is 0 Å². The molecule has 19 heavy (non-hydrogen) atoms. The second-order valence-electron chi connectivity index (χ2n) is 5.69. The molecule has 1 atom stereocenters. The van der Waals surface area contributed by atoms with Gasteiger partial charge < -0.3 is 10.6 Å². The van der Waals surface area contributed by atoms with Gasteiger partial charge in [-0.3, -0.25) is 4.79 Å². The summed E-state index contributed by atoms with van der Waals surface area (Å²) in [4.78, 5) is 11.2. The highest BCUT2D eigenvalue weighted by Crippen LogP contribution is 2.30. The number of nitrogens with one attached hydrogen (secondary N) is 2. The van der Waals surface area contributed by atoms with Gasteiger partial charge in [-0.1, -0.05) is 18.9 Å². The van der Waals surface area contributed by atoms with Gasteiger partial charge in [0, 0.05) is 24.3 Å². The van der Waals surface area contributed by atoms with E-state index < -0.39 is 0 Å². The van der Waals surface area contributed by atoms with Crippen LogP contribution in [0.3, 0.4) is 0 Å². The van der Waals surface area contributed by atoms with Crippen molar-refractivity contribution in [2.45, 2.75) is 52.5 Å². The highest BCUT2D eigenvalue weighted by molar-refractivity contribution is 5.90. The molecule has 0 spiro atoms. The topological polar surface area (TPSA) is 41.1 Å². The summed E-state index contributed by atoms with van der Waals surface area (Å²) >= 11 is 0.